The molecule has 0 bridgehead atoms. The molecule has 32 heavy (non-hydrogen) atoms. The summed E-state index contributed by atoms with van der Waals surface area (Å²) in [7, 11) is 0. The Morgan fingerprint density at radius 3 is 2.53 bits per heavy atom. The smallest absolute Gasteiger partial charge is 0.105 e. The molecular formula is C29H40O3. The number of rotatable bonds is 7. The molecule has 1 aromatic carbocycles. The Hall–Kier alpha value is -1.94. The molecule has 0 saturated heterocycles. The van der Waals surface area contributed by atoms with E-state index in [9.17, 15) is 10.2 Å². The minimum Gasteiger partial charge on any atom is -0.386 e. The fourth-order valence-electron chi connectivity index (χ4n) is 5.84. The highest BCUT2D eigenvalue weighted by atomic mass is 16.5. The number of ether oxygens (including phenoxy) is 1. The first-order chi connectivity index (χ1) is 15.1. The summed E-state index contributed by atoms with van der Waals surface area (Å²) in [6, 6.07) is 10.2. The standard InChI is InChI=1S/C29H40O3/c1-7-18-28(6)24(15-12-16-25(28)32-20-22-13-10-9-11-14-22)26(30)29(31)19-17-21(3)23(8-2)27(29,4)5/h7-11,13-15,18,25-26,30-31H,2,12,16-17,19-20H2,1,3-6H3/b18-7-/t25-,26+,28+,29-/m1/s1. The van der Waals surface area contributed by atoms with E-state index in [0.717, 1.165) is 36.0 Å². The highest BCUT2D eigenvalue weighted by Crippen LogP contribution is 2.54. The molecule has 3 heteroatoms. The fourth-order valence-corrected chi connectivity index (χ4v) is 5.84. The first kappa shape index (κ1) is 24.7. The van der Waals surface area contributed by atoms with Crippen molar-refractivity contribution in [3.63, 3.8) is 0 Å². The Morgan fingerprint density at radius 2 is 1.91 bits per heavy atom. The van der Waals surface area contributed by atoms with E-state index in [1.807, 2.05) is 51.1 Å². The quantitative estimate of drug-likeness (QED) is 0.494. The predicted octanol–water partition coefficient (Wildman–Crippen LogP) is 6.29. The molecule has 2 aliphatic rings. The molecule has 1 aromatic rings. The highest BCUT2D eigenvalue weighted by Gasteiger charge is 2.56. The molecule has 0 amide bonds. The van der Waals surface area contributed by atoms with Crippen molar-refractivity contribution >= 4 is 0 Å². The summed E-state index contributed by atoms with van der Waals surface area (Å²) in [6.07, 6.45) is 10.0. The largest absolute Gasteiger partial charge is 0.386 e. The molecule has 3 rings (SSSR count). The molecule has 2 N–H and O–H groups in total. The van der Waals surface area contributed by atoms with E-state index in [0.29, 0.717) is 13.0 Å². The maximum Gasteiger partial charge on any atom is 0.105 e. The van der Waals surface area contributed by atoms with Gasteiger partial charge < -0.3 is 14.9 Å². The predicted molar refractivity (Wildman–Crippen MR) is 132 cm³/mol. The van der Waals surface area contributed by atoms with Crippen LogP contribution < -0.4 is 0 Å². The second-order valence-corrected chi connectivity index (χ2v) is 10.2. The van der Waals surface area contributed by atoms with Crippen LogP contribution >= 0.6 is 0 Å². The Labute approximate surface area is 194 Å². The third-order valence-electron chi connectivity index (χ3n) is 7.94. The number of aliphatic hydroxyl groups is 2. The average Bonchev–Trinajstić information content (AvgIpc) is 2.76. The molecule has 0 heterocycles. The van der Waals surface area contributed by atoms with Crippen LogP contribution in [0, 0.1) is 10.8 Å². The Kier molecular flexibility index (Phi) is 7.34. The third-order valence-corrected chi connectivity index (χ3v) is 7.94. The van der Waals surface area contributed by atoms with Crippen molar-refractivity contribution in [3.05, 3.63) is 83.5 Å². The number of hydrogen-bond donors (Lipinski definition) is 2. The first-order valence-electron chi connectivity index (χ1n) is 11.8. The minimum atomic E-state index is -1.29. The van der Waals surface area contributed by atoms with E-state index < -0.39 is 22.5 Å². The van der Waals surface area contributed by atoms with Crippen molar-refractivity contribution in [2.75, 3.05) is 0 Å². The summed E-state index contributed by atoms with van der Waals surface area (Å²) in [5, 5.41) is 23.8. The zero-order chi connectivity index (χ0) is 23.6. The van der Waals surface area contributed by atoms with Gasteiger partial charge in [0.15, 0.2) is 0 Å². The van der Waals surface area contributed by atoms with E-state index >= 15 is 0 Å². The van der Waals surface area contributed by atoms with Crippen LogP contribution in [-0.4, -0.2) is 28.0 Å². The molecule has 174 valence electrons. The van der Waals surface area contributed by atoms with Gasteiger partial charge >= 0.3 is 0 Å². The summed E-state index contributed by atoms with van der Waals surface area (Å²) in [6.45, 7) is 14.8. The molecule has 4 atom stereocenters. The molecule has 0 aromatic heterocycles. The monoisotopic (exact) mass is 436 g/mol. The van der Waals surface area contributed by atoms with Gasteiger partial charge in [0.2, 0.25) is 0 Å². The normalized spacial score (nSPS) is 31.5. The molecule has 0 spiro atoms. The Bertz CT molecular complexity index is 908. The zero-order valence-electron chi connectivity index (χ0n) is 20.4. The van der Waals surface area contributed by atoms with Crippen LogP contribution in [0.25, 0.3) is 0 Å². The second-order valence-electron chi connectivity index (χ2n) is 10.2. The second kappa shape index (κ2) is 9.51. The maximum atomic E-state index is 12.0. The number of allylic oxidation sites excluding steroid dienone is 4. The van der Waals surface area contributed by atoms with Crippen LogP contribution in [0.15, 0.2) is 77.9 Å². The lowest BCUT2D eigenvalue weighted by Crippen LogP contribution is -2.59. The number of aliphatic hydroxyl groups excluding tert-OH is 1. The molecule has 3 nitrogen and oxygen atoms in total. The third kappa shape index (κ3) is 4.19. The molecular weight excluding hydrogens is 396 g/mol. The van der Waals surface area contributed by atoms with Gasteiger partial charge in [-0.3, -0.25) is 0 Å². The van der Waals surface area contributed by atoms with Gasteiger partial charge in [-0.05, 0) is 63.2 Å². The van der Waals surface area contributed by atoms with E-state index in [-0.39, 0.29) is 6.10 Å². The van der Waals surface area contributed by atoms with Gasteiger partial charge in [0.25, 0.3) is 0 Å². The van der Waals surface area contributed by atoms with Crippen molar-refractivity contribution in [2.45, 2.75) is 84.7 Å². The van der Waals surface area contributed by atoms with Crippen molar-refractivity contribution in [3.8, 4) is 0 Å². The van der Waals surface area contributed by atoms with E-state index in [1.54, 1.807) is 0 Å². The van der Waals surface area contributed by atoms with Crippen molar-refractivity contribution in [1.82, 2.24) is 0 Å². The molecule has 0 saturated carbocycles. The van der Waals surface area contributed by atoms with Gasteiger partial charge in [0.05, 0.1) is 12.7 Å². The fraction of sp³-hybridized carbons (Fsp3) is 0.517. The molecule has 2 aliphatic carbocycles. The van der Waals surface area contributed by atoms with Gasteiger partial charge in [-0.2, -0.15) is 0 Å². The average molecular weight is 437 g/mol. The highest BCUT2D eigenvalue weighted by molar-refractivity contribution is 5.40. The Morgan fingerprint density at radius 1 is 1.22 bits per heavy atom. The van der Waals surface area contributed by atoms with Gasteiger partial charge in [0, 0.05) is 10.8 Å². The van der Waals surface area contributed by atoms with Gasteiger partial charge in [-0.15, -0.1) is 0 Å². The lowest BCUT2D eigenvalue weighted by molar-refractivity contribution is -0.139. The summed E-state index contributed by atoms with van der Waals surface area (Å²) in [4.78, 5) is 0. The van der Waals surface area contributed by atoms with Crippen LogP contribution in [0.4, 0.5) is 0 Å². The van der Waals surface area contributed by atoms with Crippen LogP contribution in [0.1, 0.15) is 65.9 Å². The Balaban J connectivity index is 1.94. The summed E-state index contributed by atoms with van der Waals surface area (Å²) >= 11 is 0. The SMILES string of the molecule is C=CC1=C(C)CC[C@@](O)([C@@H](O)C2=CCC[C@@H](OCc3ccccc3)[C@@]2(C)/C=C\C)C1(C)C. The lowest BCUT2D eigenvalue weighted by atomic mass is 9.56. The maximum absolute atomic E-state index is 12.0. The molecule has 0 radical (unpaired) electrons. The van der Waals surface area contributed by atoms with E-state index in [2.05, 4.69) is 44.7 Å². The summed E-state index contributed by atoms with van der Waals surface area (Å²) < 4.78 is 6.44. The van der Waals surface area contributed by atoms with Crippen molar-refractivity contribution < 1.29 is 14.9 Å². The van der Waals surface area contributed by atoms with Gasteiger partial charge in [-0.25, -0.2) is 0 Å². The van der Waals surface area contributed by atoms with Crippen LogP contribution in [-0.2, 0) is 11.3 Å². The first-order valence-corrected chi connectivity index (χ1v) is 11.8. The molecule has 0 aliphatic heterocycles. The minimum absolute atomic E-state index is 0.0833. The topological polar surface area (TPSA) is 49.7 Å². The lowest BCUT2D eigenvalue weighted by Gasteiger charge is -2.53. The zero-order valence-corrected chi connectivity index (χ0v) is 20.4. The molecule has 0 unspecified atom stereocenters. The van der Waals surface area contributed by atoms with Crippen LogP contribution in [0.5, 0.6) is 0 Å². The molecule has 0 fully saturated rings. The van der Waals surface area contributed by atoms with E-state index in [4.69, 9.17) is 4.74 Å². The van der Waals surface area contributed by atoms with Crippen molar-refractivity contribution in [1.29, 1.82) is 0 Å². The summed E-state index contributed by atoms with van der Waals surface area (Å²) in [5.74, 6) is 0. The number of hydrogen-bond acceptors (Lipinski definition) is 3. The van der Waals surface area contributed by atoms with Gasteiger partial charge in [0.1, 0.15) is 11.7 Å². The van der Waals surface area contributed by atoms with Gasteiger partial charge in [-0.1, -0.05) is 80.6 Å². The van der Waals surface area contributed by atoms with Crippen molar-refractivity contribution in [2.24, 2.45) is 10.8 Å². The summed E-state index contributed by atoms with van der Waals surface area (Å²) in [5.41, 5.74) is 1.86. The van der Waals surface area contributed by atoms with Crippen LogP contribution in [0.3, 0.4) is 0 Å². The number of benzene rings is 1. The van der Waals surface area contributed by atoms with Crippen LogP contribution in [0.2, 0.25) is 0 Å². The van der Waals surface area contributed by atoms with E-state index in [1.165, 1.54) is 5.57 Å².